The van der Waals surface area contributed by atoms with Gasteiger partial charge in [0.15, 0.2) is 0 Å². The van der Waals surface area contributed by atoms with Gasteiger partial charge < -0.3 is 24.8 Å². The Morgan fingerprint density at radius 2 is 1.71 bits per heavy atom. The predicted octanol–water partition coefficient (Wildman–Crippen LogP) is 3.55. The van der Waals surface area contributed by atoms with E-state index in [-0.39, 0.29) is 0 Å². The van der Waals surface area contributed by atoms with E-state index in [1.807, 2.05) is 18.2 Å². The predicted molar refractivity (Wildman–Crippen MR) is 165 cm³/mol. The molecule has 10 heteroatoms. The molecule has 3 aliphatic rings. The second-order valence-corrected chi connectivity index (χ2v) is 11.4. The highest BCUT2D eigenvalue weighted by molar-refractivity contribution is 6.32. The number of hydrogen-bond acceptors (Lipinski definition) is 8. The van der Waals surface area contributed by atoms with Crippen LogP contribution in [0.3, 0.4) is 0 Å². The summed E-state index contributed by atoms with van der Waals surface area (Å²) in [5.74, 6) is 0.179. The number of morpholine rings is 1. The van der Waals surface area contributed by atoms with Crippen molar-refractivity contribution in [3.05, 3.63) is 64.2 Å². The second-order valence-electron chi connectivity index (χ2n) is 11.0. The number of aromatic nitrogens is 1. The van der Waals surface area contributed by atoms with Crippen LogP contribution in [-0.2, 0) is 15.9 Å². The smallest absolute Gasteiger partial charge is 0.249 e. The number of benzene rings is 2. The Kier molecular flexibility index (Phi) is 8.92. The quantitative estimate of drug-likeness (QED) is 0.299. The van der Waals surface area contributed by atoms with Crippen LogP contribution >= 0.6 is 11.6 Å². The largest absolute Gasteiger partial charge is 0.491 e. The van der Waals surface area contributed by atoms with Crippen molar-refractivity contribution in [2.75, 3.05) is 90.8 Å². The van der Waals surface area contributed by atoms with Crippen LogP contribution in [0.1, 0.15) is 21.5 Å². The van der Waals surface area contributed by atoms with Gasteiger partial charge in [-0.25, -0.2) is 4.98 Å². The van der Waals surface area contributed by atoms with E-state index in [0.717, 1.165) is 106 Å². The Morgan fingerprint density at radius 3 is 2.40 bits per heavy atom. The fourth-order valence-corrected chi connectivity index (χ4v) is 6.26. The number of ether oxygens (including phenoxy) is 3. The highest BCUT2D eigenvalue weighted by Gasteiger charge is 2.27. The number of anilines is 1. The van der Waals surface area contributed by atoms with Crippen molar-refractivity contribution < 1.29 is 19.0 Å². The summed E-state index contributed by atoms with van der Waals surface area (Å²) in [6.07, 6.45) is 0.629. The molecule has 2 saturated heterocycles. The number of nitrogens with zero attached hydrogens (tertiary/aromatic N) is 4. The number of nitrogens with two attached hydrogens (primary N) is 1. The van der Waals surface area contributed by atoms with Gasteiger partial charge in [-0.1, -0.05) is 17.7 Å². The van der Waals surface area contributed by atoms with E-state index >= 15 is 0 Å². The Balaban J connectivity index is 1.15. The van der Waals surface area contributed by atoms with Crippen LogP contribution < -0.4 is 15.4 Å². The van der Waals surface area contributed by atoms with Crippen LogP contribution in [0, 0.1) is 0 Å². The van der Waals surface area contributed by atoms with Gasteiger partial charge in [-0.3, -0.25) is 14.6 Å². The first-order valence-electron chi connectivity index (χ1n) is 14.7. The molecule has 0 atom stereocenters. The summed E-state index contributed by atoms with van der Waals surface area (Å²) in [6.45, 7) is 10.5. The Bertz CT molecular complexity index is 1440. The molecule has 0 radical (unpaired) electrons. The maximum atomic E-state index is 12.6. The summed E-state index contributed by atoms with van der Waals surface area (Å²) >= 11 is 6.67. The van der Waals surface area contributed by atoms with E-state index in [1.54, 1.807) is 13.2 Å². The first kappa shape index (κ1) is 28.9. The minimum absolute atomic E-state index is 0.457. The molecule has 42 heavy (non-hydrogen) atoms. The average molecular weight is 592 g/mol. The van der Waals surface area contributed by atoms with E-state index in [2.05, 4.69) is 32.9 Å². The lowest BCUT2D eigenvalue weighted by atomic mass is 10.0. The molecule has 2 fully saturated rings. The molecule has 9 nitrogen and oxygen atoms in total. The van der Waals surface area contributed by atoms with Gasteiger partial charge in [-0.05, 0) is 47.5 Å². The molecule has 3 heterocycles. The first-order valence-corrected chi connectivity index (χ1v) is 15.0. The minimum atomic E-state index is -0.457. The fraction of sp³-hybridized carbons (Fsp3) is 0.438. The fourth-order valence-electron chi connectivity index (χ4n) is 6.03. The van der Waals surface area contributed by atoms with Crippen molar-refractivity contribution in [3.63, 3.8) is 0 Å². The first-order chi connectivity index (χ1) is 20.5. The van der Waals surface area contributed by atoms with Gasteiger partial charge in [-0.15, -0.1) is 0 Å². The molecule has 1 aromatic heterocycles. The molecule has 3 aromatic rings. The monoisotopic (exact) mass is 591 g/mol. The van der Waals surface area contributed by atoms with E-state index in [4.69, 9.17) is 36.5 Å². The van der Waals surface area contributed by atoms with Gasteiger partial charge in [-0.2, -0.15) is 0 Å². The highest BCUT2D eigenvalue weighted by atomic mass is 35.5. The van der Waals surface area contributed by atoms with Crippen LogP contribution in [0.15, 0.2) is 42.5 Å². The normalized spacial score (nSPS) is 17.2. The van der Waals surface area contributed by atoms with Crippen LogP contribution in [0.2, 0.25) is 5.02 Å². The number of amides is 1. The number of fused-ring (bicyclic) bond motifs is 3. The van der Waals surface area contributed by atoms with Gasteiger partial charge in [0.2, 0.25) is 5.91 Å². The molecule has 2 aromatic carbocycles. The molecule has 6 rings (SSSR count). The number of halogens is 1. The maximum Gasteiger partial charge on any atom is 0.249 e. The molecule has 0 unspecified atom stereocenters. The maximum absolute atomic E-state index is 12.6. The number of carbonyl (C=O) groups is 1. The number of carbonyl (C=O) groups excluding carboxylic acids is 1. The number of rotatable bonds is 10. The summed E-state index contributed by atoms with van der Waals surface area (Å²) in [5.41, 5.74) is 12.9. The standard InChI is InChI=1S/C32H38ClN5O4/c1-40-14-10-36-6-8-37(9-7-36)11-17-42-30-5-2-22(20-28(30)33)29-21-27(32(34)39)26-19-23-18-24(38-12-15-41-16-13-38)3-4-25(23)31(26)35-29/h2-5,18,20-21H,6-17,19H2,1H3,(H2,34,39). The molecule has 0 spiro atoms. The molecule has 222 valence electrons. The van der Waals surface area contributed by atoms with Crippen molar-refractivity contribution in [1.82, 2.24) is 14.8 Å². The lowest BCUT2D eigenvalue weighted by Gasteiger charge is -2.34. The Hall–Kier alpha value is -3.21. The zero-order chi connectivity index (χ0) is 29.1. The molecule has 2 N–H and O–H groups in total. The van der Waals surface area contributed by atoms with Crippen LogP contribution in [-0.4, -0.2) is 107 Å². The van der Waals surface area contributed by atoms with Crippen molar-refractivity contribution in [3.8, 4) is 28.3 Å². The zero-order valence-electron chi connectivity index (χ0n) is 24.1. The van der Waals surface area contributed by atoms with Crippen molar-refractivity contribution in [2.24, 2.45) is 5.73 Å². The van der Waals surface area contributed by atoms with Crippen LogP contribution in [0.25, 0.3) is 22.5 Å². The van der Waals surface area contributed by atoms with Gasteiger partial charge in [0, 0.05) is 88.3 Å². The zero-order valence-corrected chi connectivity index (χ0v) is 24.9. The molecule has 2 aliphatic heterocycles. The molecular weight excluding hydrogens is 554 g/mol. The Morgan fingerprint density at radius 1 is 0.976 bits per heavy atom. The van der Waals surface area contributed by atoms with Crippen molar-refractivity contribution >= 4 is 23.2 Å². The van der Waals surface area contributed by atoms with E-state index < -0.39 is 5.91 Å². The van der Waals surface area contributed by atoms with Gasteiger partial charge in [0.25, 0.3) is 0 Å². The van der Waals surface area contributed by atoms with Crippen LogP contribution in [0.5, 0.6) is 5.75 Å². The third-order valence-corrected chi connectivity index (χ3v) is 8.74. The lowest BCUT2D eigenvalue weighted by molar-refractivity contribution is 0.0894. The van der Waals surface area contributed by atoms with Gasteiger partial charge >= 0.3 is 0 Å². The lowest BCUT2D eigenvalue weighted by Crippen LogP contribution is -2.48. The molecular formula is C32H38ClN5O4. The third kappa shape index (κ3) is 6.26. The summed E-state index contributed by atoms with van der Waals surface area (Å²) in [5, 5.41) is 0.510. The highest BCUT2D eigenvalue weighted by Crippen LogP contribution is 2.41. The number of piperazine rings is 1. The average Bonchev–Trinajstić information content (AvgIpc) is 3.39. The number of primary amides is 1. The minimum Gasteiger partial charge on any atom is -0.491 e. The number of methoxy groups -OCH3 is 1. The second kappa shape index (κ2) is 13.0. The van der Waals surface area contributed by atoms with Gasteiger partial charge in [0.1, 0.15) is 12.4 Å². The van der Waals surface area contributed by atoms with Gasteiger partial charge in [0.05, 0.1) is 36.2 Å². The van der Waals surface area contributed by atoms with Crippen LogP contribution in [0.4, 0.5) is 5.69 Å². The molecule has 1 aliphatic carbocycles. The third-order valence-electron chi connectivity index (χ3n) is 8.45. The van der Waals surface area contributed by atoms with Crippen molar-refractivity contribution in [1.29, 1.82) is 0 Å². The summed E-state index contributed by atoms with van der Waals surface area (Å²) in [4.78, 5) is 24.7. The molecule has 0 saturated carbocycles. The summed E-state index contributed by atoms with van der Waals surface area (Å²) < 4.78 is 16.7. The number of hydrogen-bond donors (Lipinski definition) is 1. The van der Waals surface area contributed by atoms with E-state index in [9.17, 15) is 4.79 Å². The summed E-state index contributed by atoms with van der Waals surface area (Å²) in [6, 6.07) is 13.9. The topological polar surface area (TPSA) is 93.4 Å². The summed E-state index contributed by atoms with van der Waals surface area (Å²) in [7, 11) is 1.74. The van der Waals surface area contributed by atoms with E-state index in [1.165, 1.54) is 0 Å². The SMILES string of the molecule is COCCN1CCN(CCOc2ccc(-c3cc(C(N)=O)c4c(n3)-c3ccc(N5CCOCC5)cc3C4)cc2Cl)CC1. The van der Waals surface area contributed by atoms with E-state index in [0.29, 0.717) is 35.1 Å². The number of pyridine rings is 1. The molecule has 1 amide bonds. The Labute approximate surface area is 252 Å². The van der Waals surface area contributed by atoms with Crippen molar-refractivity contribution in [2.45, 2.75) is 6.42 Å². The molecule has 0 bridgehead atoms.